The van der Waals surface area contributed by atoms with Gasteiger partial charge in [-0.2, -0.15) is 5.10 Å². The zero-order chi connectivity index (χ0) is 17.6. The van der Waals surface area contributed by atoms with E-state index in [1.165, 1.54) is 5.56 Å². The number of rotatable bonds is 5. The highest BCUT2D eigenvalue weighted by molar-refractivity contribution is 5.99. The number of hydrogen-bond donors (Lipinski definition) is 1. The van der Waals surface area contributed by atoms with Crippen LogP contribution in [0.5, 0.6) is 11.5 Å². The van der Waals surface area contributed by atoms with Gasteiger partial charge in [-0.1, -0.05) is 30.3 Å². The molecule has 2 aromatic carbocycles. The SMILES string of the molecule is COc1cc(/C(C)=N/N2CCN(Cc3ccccc3)CC2)ccc1O. The van der Waals surface area contributed by atoms with Crippen molar-refractivity contribution in [3.05, 3.63) is 59.7 Å². The molecule has 0 amide bonds. The summed E-state index contributed by atoms with van der Waals surface area (Å²) in [5.74, 6) is 0.619. The first-order chi connectivity index (χ1) is 12.2. The smallest absolute Gasteiger partial charge is 0.161 e. The molecule has 2 aromatic rings. The molecule has 132 valence electrons. The van der Waals surface area contributed by atoms with Crippen LogP contribution in [0.3, 0.4) is 0 Å². The summed E-state index contributed by atoms with van der Waals surface area (Å²) in [4.78, 5) is 2.46. The van der Waals surface area contributed by atoms with Crippen molar-refractivity contribution in [2.45, 2.75) is 13.5 Å². The van der Waals surface area contributed by atoms with Gasteiger partial charge in [0, 0.05) is 38.3 Å². The van der Waals surface area contributed by atoms with Crippen molar-refractivity contribution in [3.63, 3.8) is 0 Å². The summed E-state index contributed by atoms with van der Waals surface area (Å²) in [6, 6.07) is 15.9. The molecule has 25 heavy (non-hydrogen) atoms. The van der Waals surface area contributed by atoms with Crippen LogP contribution in [0.15, 0.2) is 53.6 Å². The van der Waals surface area contributed by atoms with Crippen molar-refractivity contribution in [3.8, 4) is 11.5 Å². The topological polar surface area (TPSA) is 48.3 Å². The highest BCUT2D eigenvalue weighted by Gasteiger charge is 2.16. The van der Waals surface area contributed by atoms with E-state index in [0.29, 0.717) is 5.75 Å². The van der Waals surface area contributed by atoms with E-state index >= 15 is 0 Å². The van der Waals surface area contributed by atoms with E-state index in [4.69, 9.17) is 9.84 Å². The number of methoxy groups -OCH3 is 1. The molecule has 0 aromatic heterocycles. The second-order valence-corrected chi connectivity index (χ2v) is 6.29. The maximum Gasteiger partial charge on any atom is 0.161 e. The van der Waals surface area contributed by atoms with E-state index < -0.39 is 0 Å². The molecule has 0 spiro atoms. The molecule has 1 aliphatic rings. The molecule has 5 heteroatoms. The monoisotopic (exact) mass is 339 g/mol. The Labute approximate surface area is 149 Å². The number of phenols is 1. The fourth-order valence-corrected chi connectivity index (χ4v) is 3.01. The molecule has 1 fully saturated rings. The number of piperazine rings is 1. The first-order valence-electron chi connectivity index (χ1n) is 8.59. The van der Waals surface area contributed by atoms with Crippen molar-refractivity contribution in [2.24, 2.45) is 5.10 Å². The van der Waals surface area contributed by atoms with Gasteiger partial charge in [-0.3, -0.25) is 9.91 Å². The van der Waals surface area contributed by atoms with Gasteiger partial charge >= 0.3 is 0 Å². The van der Waals surface area contributed by atoms with Gasteiger partial charge in [0.25, 0.3) is 0 Å². The summed E-state index contributed by atoms with van der Waals surface area (Å²) in [6.07, 6.45) is 0. The third-order valence-corrected chi connectivity index (χ3v) is 4.49. The summed E-state index contributed by atoms with van der Waals surface area (Å²) in [5, 5.41) is 16.6. The lowest BCUT2D eigenvalue weighted by Gasteiger charge is -2.33. The van der Waals surface area contributed by atoms with Crippen LogP contribution < -0.4 is 4.74 Å². The Morgan fingerprint density at radius 1 is 1.08 bits per heavy atom. The molecule has 0 radical (unpaired) electrons. The summed E-state index contributed by atoms with van der Waals surface area (Å²) in [7, 11) is 1.55. The summed E-state index contributed by atoms with van der Waals surface area (Å²) in [6.45, 7) is 6.82. The van der Waals surface area contributed by atoms with E-state index in [-0.39, 0.29) is 5.75 Å². The lowest BCUT2D eigenvalue weighted by molar-refractivity contribution is 0.130. The maximum absolute atomic E-state index is 9.71. The molecule has 5 nitrogen and oxygen atoms in total. The van der Waals surface area contributed by atoms with Gasteiger partial charge in [-0.15, -0.1) is 0 Å². The molecule has 0 bridgehead atoms. The molecule has 0 unspecified atom stereocenters. The van der Waals surface area contributed by atoms with Gasteiger partial charge in [0.05, 0.1) is 12.8 Å². The number of benzene rings is 2. The van der Waals surface area contributed by atoms with Crippen LogP contribution in [0, 0.1) is 0 Å². The van der Waals surface area contributed by atoms with E-state index in [2.05, 4.69) is 40.2 Å². The van der Waals surface area contributed by atoms with Crippen LogP contribution in [0.2, 0.25) is 0 Å². The van der Waals surface area contributed by atoms with Gasteiger partial charge in [-0.05, 0) is 30.7 Å². The summed E-state index contributed by atoms with van der Waals surface area (Å²) >= 11 is 0. The van der Waals surface area contributed by atoms with Gasteiger partial charge in [0.2, 0.25) is 0 Å². The predicted molar refractivity (Wildman–Crippen MR) is 100 cm³/mol. The number of aromatic hydroxyl groups is 1. The van der Waals surface area contributed by atoms with Crippen molar-refractivity contribution in [1.82, 2.24) is 9.91 Å². The minimum atomic E-state index is 0.147. The van der Waals surface area contributed by atoms with Gasteiger partial charge < -0.3 is 9.84 Å². The molecule has 0 atom stereocenters. The molecule has 0 aliphatic carbocycles. The summed E-state index contributed by atoms with van der Waals surface area (Å²) < 4.78 is 5.17. The molecule has 1 aliphatic heterocycles. The van der Waals surface area contributed by atoms with Crippen molar-refractivity contribution in [1.29, 1.82) is 0 Å². The highest BCUT2D eigenvalue weighted by atomic mass is 16.5. The average Bonchev–Trinajstić information content (AvgIpc) is 2.64. The molecule has 1 heterocycles. The number of hydrazone groups is 1. The van der Waals surface area contributed by atoms with E-state index in [1.54, 1.807) is 13.2 Å². The molecule has 1 saturated heterocycles. The molecule has 1 N–H and O–H groups in total. The Hall–Kier alpha value is -2.53. The van der Waals surface area contributed by atoms with Gasteiger partial charge in [0.15, 0.2) is 11.5 Å². The third-order valence-electron chi connectivity index (χ3n) is 4.49. The van der Waals surface area contributed by atoms with E-state index in [9.17, 15) is 5.11 Å². The highest BCUT2D eigenvalue weighted by Crippen LogP contribution is 2.26. The summed E-state index contributed by atoms with van der Waals surface area (Å²) in [5.41, 5.74) is 3.24. The first-order valence-corrected chi connectivity index (χ1v) is 8.59. The van der Waals surface area contributed by atoms with Gasteiger partial charge in [-0.25, -0.2) is 0 Å². The van der Waals surface area contributed by atoms with Crippen LogP contribution >= 0.6 is 0 Å². The van der Waals surface area contributed by atoms with Crippen molar-refractivity contribution < 1.29 is 9.84 Å². The molecule has 3 rings (SSSR count). The van der Waals surface area contributed by atoms with Crippen molar-refractivity contribution in [2.75, 3.05) is 33.3 Å². The number of phenolic OH excluding ortho intramolecular Hbond substituents is 1. The number of hydrogen-bond acceptors (Lipinski definition) is 5. The Kier molecular flexibility index (Phi) is 5.56. The quantitative estimate of drug-likeness (QED) is 0.851. The second kappa shape index (κ2) is 8.03. The third kappa shape index (κ3) is 4.51. The van der Waals surface area contributed by atoms with Crippen LogP contribution in [0.4, 0.5) is 0 Å². The number of nitrogens with zero attached hydrogens (tertiary/aromatic N) is 3. The van der Waals surface area contributed by atoms with Crippen LogP contribution in [0.25, 0.3) is 0 Å². The molecular weight excluding hydrogens is 314 g/mol. The van der Waals surface area contributed by atoms with Crippen LogP contribution in [0.1, 0.15) is 18.1 Å². The van der Waals surface area contributed by atoms with Crippen LogP contribution in [-0.2, 0) is 6.54 Å². The van der Waals surface area contributed by atoms with Crippen molar-refractivity contribution >= 4 is 5.71 Å². The number of ether oxygens (including phenoxy) is 1. The lowest BCUT2D eigenvalue weighted by atomic mass is 10.1. The zero-order valence-electron chi connectivity index (χ0n) is 14.9. The Morgan fingerprint density at radius 3 is 2.48 bits per heavy atom. The predicted octanol–water partition coefficient (Wildman–Crippen LogP) is 2.94. The second-order valence-electron chi connectivity index (χ2n) is 6.29. The molecule has 0 saturated carbocycles. The van der Waals surface area contributed by atoms with E-state index in [1.807, 2.05) is 19.1 Å². The normalized spacial score (nSPS) is 16.1. The largest absolute Gasteiger partial charge is 0.504 e. The standard InChI is InChI=1S/C20H25N3O2/c1-16(18-8-9-19(24)20(14-18)25-2)21-23-12-10-22(11-13-23)15-17-6-4-3-5-7-17/h3-9,14,24H,10-13,15H2,1-2H3/b21-16+. The fraction of sp³-hybridized carbons (Fsp3) is 0.350. The van der Waals surface area contributed by atoms with Crippen LogP contribution in [-0.4, -0.2) is 54.0 Å². The Morgan fingerprint density at radius 2 is 1.80 bits per heavy atom. The van der Waals surface area contributed by atoms with Gasteiger partial charge in [0.1, 0.15) is 0 Å². The fourth-order valence-electron chi connectivity index (χ4n) is 3.01. The minimum absolute atomic E-state index is 0.147. The Balaban J connectivity index is 1.58. The lowest BCUT2D eigenvalue weighted by Crippen LogP contribution is -2.43. The minimum Gasteiger partial charge on any atom is -0.504 e. The van der Waals surface area contributed by atoms with E-state index in [0.717, 1.165) is 44.0 Å². The maximum atomic E-state index is 9.71. The first kappa shape index (κ1) is 17.3. The Bertz CT molecular complexity index is 723. The zero-order valence-corrected chi connectivity index (χ0v) is 14.9. The average molecular weight is 339 g/mol. The molecular formula is C20H25N3O2.